The highest BCUT2D eigenvalue weighted by Gasteiger charge is 2.46. The molecule has 138 valence electrons. The molecular formula is C21H26N2O3. The first kappa shape index (κ1) is 18.4. The number of rotatable bonds is 6. The second-order valence-electron chi connectivity index (χ2n) is 7.18. The van der Waals surface area contributed by atoms with Gasteiger partial charge in [0.05, 0.1) is 11.8 Å². The number of carbonyl (C=O) groups excluding carboxylic acids is 3. The fourth-order valence-electron chi connectivity index (χ4n) is 3.78. The Bertz CT molecular complexity index is 715. The topological polar surface area (TPSA) is 66.5 Å². The average Bonchev–Trinajstić information content (AvgIpc) is 2.91. The summed E-state index contributed by atoms with van der Waals surface area (Å²) in [7, 11) is 0. The Morgan fingerprint density at radius 1 is 1.15 bits per heavy atom. The van der Waals surface area contributed by atoms with E-state index in [0.29, 0.717) is 18.8 Å². The second-order valence-corrected chi connectivity index (χ2v) is 7.18. The largest absolute Gasteiger partial charge is 0.326 e. The lowest BCUT2D eigenvalue weighted by Crippen LogP contribution is -2.34. The van der Waals surface area contributed by atoms with Crippen molar-refractivity contribution in [3.8, 4) is 0 Å². The number of nitrogens with one attached hydrogen (secondary N) is 1. The highest BCUT2D eigenvalue weighted by atomic mass is 16.2. The molecule has 1 aliphatic heterocycles. The smallest absolute Gasteiger partial charge is 0.233 e. The van der Waals surface area contributed by atoms with E-state index >= 15 is 0 Å². The molecule has 1 saturated heterocycles. The normalized spacial score (nSPS) is 23.1. The number of imide groups is 1. The number of carbonyl (C=O) groups is 3. The SMILES string of the molecule is CC[C@@H](C)c1ccccc1NC(=O)CCN1C(=O)[C@H]2CC=CC[C@@H]2C1=O. The molecule has 3 atom stereocenters. The molecule has 1 fully saturated rings. The van der Waals surface area contributed by atoms with Crippen molar-refractivity contribution in [3.63, 3.8) is 0 Å². The van der Waals surface area contributed by atoms with E-state index in [0.717, 1.165) is 17.7 Å². The minimum absolute atomic E-state index is 0.124. The standard InChI is InChI=1S/C21H26N2O3/c1-3-14(2)15-8-6-7-11-18(15)22-19(24)12-13-23-20(25)16-9-4-5-10-17(16)21(23)26/h4-8,11,14,16-17H,3,9-10,12-13H2,1-2H3,(H,22,24)/t14-,16+,17+/m1/s1. The molecule has 2 aliphatic rings. The van der Waals surface area contributed by atoms with Gasteiger partial charge in [0.25, 0.3) is 0 Å². The van der Waals surface area contributed by atoms with Gasteiger partial charge < -0.3 is 5.32 Å². The molecule has 3 rings (SSSR count). The summed E-state index contributed by atoms with van der Waals surface area (Å²) in [5.41, 5.74) is 1.91. The van der Waals surface area contributed by atoms with E-state index in [2.05, 4.69) is 19.2 Å². The van der Waals surface area contributed by atoms with Crippen LogP contribution in [0.25, 0.3) is 0 Å². The molecule has 0 aromatic heterocycles. The summed E-state index contributed by atoms with van der Waals surface area (Å²) in [5.74, 6) is -0.545. The quantitative estimate of drug-likeness (QED) is 0.628. The monoisotopic (exact) mass is 354 g/mol. The summed E-state index contributed by atoms with van der Waals surface area (Å²) in [6, 6.07) is 7.78. The lowest BCUT2D eigenvalue weighted by atomic mass is 9.85. The maximum absolute atomic E-state index is 12.4. The van der Waals surface area contributed by atoms with Crippen LogP contribution in [0.3, 0.4) is 0 Å². The van der Waals surface area contributed by atoms with Crippen LogP contribution in [-0.2, 0) is 14.4 Å². The molecule has 0 bridgehead atoms. The molecule has 0 spiro atoms. The molecule has 0 radical (unpaired) electrons. The number of amides is 3. The van der Waals surface area contributed by atoms with Crippen LogP contribution in [0.15, 0.2) is 36.4 Å². The number of nitrogens with zero attached hydrogens (tertiary/aromatic N) is 1. The number of allylic oxidation sites excluding steroid dienone is 2. The lowest BCUT2D eigenvalue weighted by Gasteiger charge is -2.17. The Hall–Kier alpha value is -2.43. The zero-order valence-electron chi connectivity index (χ0n) is 15.4. The predicted octanol–water partition coefficient (Wildman–Crippen LogP) is 3.48. The van der Waals surface area contributed by atoms with E-state index in [1.54, 1.807) is 0 Å². The van der Waals surface area contributed by atoms with Gasteiger partial charge in [0, 0.05) is 18.7 Å². The third-order valence-electron chi connectivity index (χ3n) is 5.54. The summed E-state index contributed by atoms with van der Waals surface area (Å²) in [6.07, 6.45) is 6.29. The first-order chi connectivity index (χ1) is 12.5. The number of likely N-dealkylation sites (tertiary alicyclic amines) is 1. The second kappa shape index (κ2) is 7.85. The van der Waals surface area contributed by atoms with Crippen LogP contribution in [0.2, 0.25) is 0 Å². The molecule has 1 N–H and O–H groups in total. The molecule has 1 heterocycles. The van der Waals surface area contributed by atoms with Crippen molar-refractivity contribution in [2.45, 2.75) is 45.4 Å². The summed E-state index contributed by atoms with van der Waals surface area (Å²) < 4.78 is 0. The Labute approximate surface area is 154 Å². The molecule has 3 amide bonds. The maximum Gasteiger partial charge on any atom is 0.233 e. The Kier molecular flexibility index (Phi) is 5.55. The molecular weight excluding hydrogens is 328 g/mol. The van der Waals surface area contributed by atoms with Crippen molar-refractivity contribution in [1.29, 1.82) is 0 Å². The van der Waals surface area contributed by atoms with Gasteiger partial charge in [-0.05, 0) is 36.8 Å². The first-order valence-corrected chi connectivity index (χ1v) is 9.42. The summed E-state index contributed by atoms with van der Waals surface area (Å²) in [4.78, 5) is 38.6. The highest BCUT2D eigenvalue weighted by molar-refractivity contribution is 6.05. The molecule has 1 aliphatic carbocycles. The van der Waals surface area contributed by atoms with Gasteiger partial charge in [0.1, 0.15) is 0 Å². The fourth-order valence-corrected chi connectivity index (χ4v) is 3.78. The number of fused-ring (bicyclic) bond motifs is 1. The van der Waals surface area contributed by atoms with E-state index < -0.39 is 0 Å². The molecule has 1 aromatic rings. The number of hydrogen-bond acceptors (Lipinski definition) is 3. The van der Waals surface area contributed by atoms with Gasteiger partial charge in [-0.15, -0.1) is 0 Å². The number of anilines is 1. The van der Waals surface area contributed by atoms with E-state index in [9.17, 15) is 14.4 Å². The van der Waals surface area contributed by atoms with Gasteiger partial charge in [-0.2, -0.15) is 0 Å². The molecule has 0 saturated carbocycles. The molecule has 5 heteroatoms. The van der Waals surface area contributed by atoms with Crippen LogP contribution in [0.5, 0.6) is 0 Å². The average molecular weight is 354 g/mol. The van der Waals surface area contributed by atoms with Crippen LogP contribution in [0, 0.1) is 11.8 Å². The Morgan fingerprint density at radius 2 is 1.77 bits per heavy atom. The summed E-state index contributed by atoms with van der Waals surface area (Å²) in [6.45, 7) is 4.40. The van der Waals surface area contributed by atoms with Crippen molar-refractivity contribution < 1.29 is 14.4 Å². The Balaban J connectivity index is 1.60. The minimum Gasteiger partial charge on any atom is -0.326 e. The van der Waals surface area contributed by atoms with E-state index in [1.165, 1.54) is 4.90 Å². The van der Waals surface area contributed by atoms with Crippen LogP contribution in [0.4, 0.5) is 5.69 Å². The van der Waals surface area contributed by atoms with Crippen molar-refractivity contribution in [1.82, 2.24) is 4.90 Å². The number of hydrogen-bond donors (Lipinski definition) is 1. The predicted molar refractivity (Wildman–Crippen MR) is 100 cm³/mol. The van der Waals surface area contributed by atoms with Crippen LogP contribution >= 0.6 is 0 Å². The van der Waals surface area contributed by atoms with E-state index in [1.807, 2.05) is 36.4 Å². The van der Waals surface area contributed by atoms with Crippen molar-refractivity contribution in [2.24, 2.45) is 11.8 Å². The highest BCUT2D eigenvalue weighted by Crippen LogP contribution is 2.35. The van der Waals surface area contributed by atoms with E-state index in [4.69, 9.17) is 0 Å². The number of benzene rings is 1. The van der Waals surface area contributed by atoms with Crippen molar-refractivity contribution >= 4 is 23.4 Å². The fraction of sp³-hybridized carbons (Fsp3) is 0.476. The van der Waals surface area contributed by atoms with Crippen LogP contribution in [0.1, 0.15) is 51.0 Å². The third-order valence-corrected chi connectivity index (χ3v) is 5.54. The summed E-state index contributed by atoms with van der Waals surface area (Å²) in [5, 5.41) is 2.94. The van der Waals surface area contributed by atoms with Gasteiger partial charge >= 0.3 is 0 Å². The zero-order valence-corrected chi connectivity index (χ0v) is 15.4. The number of para-hydroxylation sites is 1. The van der Waals surface area contributed by atoms with Gasteiger partial charge in [0.15, 0.2) is 0 Å². The van der Waals surface area contributed by atoms with E-state index in [-0.39, 0.29) is 42.5 Å². The maximum atomic E-state index is 12.4. The molecule has 5 nitrogen and oxygen atoms in total. The van der Waals surface area contributed by atoms with Crippen LogP contribution in [-0.4, -0.2) is 29.2 Å². The molecule has 1 aromatic carbocycles. The van der Waals surface area contributed by atoms with Crippen LogP contribution < -0.4 is 5.32 Å². The zero-order chi connectivity index (χ0) is 18.7. The minimum atomic E-state index is -0.235. The summed E-state index contributed by atoms with van der Waals surface area (Å²) >= 11 is 0. The van der Waals surface area contributed by atoms with Gasteiger partial charge in [-0.3, -0.25) is 19.3 Å². The van der Waals surface area contributed by atoms with Gasteiger partial charge in [0.2, 0.25) is 17.7 Å². The van der Waals surface area contributed by atoms with Crippen molar-refractivity contribution in [3.05, 3.63) is 42.0 Å². The first-order valence-electron chi connectivity index (χ1n) is 9.42. The van der Waals surface area contributed by atoms with Gasteiger partial charge in [-0.25, -0.2) is 0 Å². The Morgan fingerprint density at radius 3 is 2.38 bits per heavy atom. The third kappa shape index (κ3) is 3.57. The van der Waals surface area contributed by atoms with Gasteiger partial charge in [-0.1, -0.05) is 44.2 Å². The lowest BCUT2D eigenvalue weighted by molar-refractivity contribution is -0.140. The molecule has 26 heavy (non-hydrogen) atoms. The van der Waals surface area contributed by atoms with Crippen molar-refractivity contribution in [2.75, 3.05) is 11.9 Å². The molecule has 0 unspecified atom stereocenters.